The first-order valence-electron chi connectivity index (χ1n) is 9.38. The molecule has 1 aliphatic heterocycles. The number of carbonyl (C=O) groups is 2. The normalized spacial score (nSPS) is 14.5. The number of nitrogens with zero attached hydrogens (tertiary/aromatic N) is 1. The molecule has 3 rings (SSSR count). The summed E-state index contributed by atoms with van der Waals surface area (Å²) in [6.07, 6.45) is 11.9. The lowest BCUT2D eigenvalue weighted by molar-refractivity contribution is -0.142. The van der Waals surface area contributed by atoms with Crippen molar-refractivity contribution in [1.29, 1.82) is 0 Å². The van der Waals surface area contributed by atoms with Gasteiger partial charge >= 0.3 is 11.9 Å². The molecule has 0 bridgehead atoms. The molecule has 2 heterocycles. The molecule has 0 aliphatic carbocycles. The van der Waals surface area contributed by atoms with E-state index in [4.69, 9.17) is 32.8 Å². The van der Waals surface area contributed by atoms with Gasteiger partial charge in [-0.3, -0.25) is 9.78 Å². The Kier molecular flexibility index (Phi) is 6.59. The molecular formula is C24H20N2O5. The van der Waals surface area contributed by atoms with Crippen molar-refractivity contribution in [1.82, 2.24) is 4.98 Å². The Morgan fingerprint density at radius 1 is 1.13 bits per heavy atom. The minimum Gasteiger partial charge on any atom is -0.452 e. The van der Waals surface area contributed by atoms with Crippen molar-refractivity contribution < 1.29 is 23.8 Å². The number of hydrogen-bond acceptors (Lipinski definition) is 7. The molecule has 1 atom stereocenters. The Hall–Kier alpha value is -4.23. The van der Waals surface area contributed by atoms with E-state index in [2.05, 4.69) is 16.8 Å². The first-order chi connectivity index (χ1) is 14.9. The van der Waals surface area contributed by atoms with E-state index >= 15 is 0 Å². The molecule has 0 spiro atoms. The molecule has 1 aromatic heterocycles. The van der Waals surface area contributed by atoms with Crippen LogP contribution < -0.4 is 10.5 Å². The number of aromatic nitrogens is 1. The highest BCUT2D eigenvalue weighted by Crippen LogP contribution is 2.42. The average Bonchev–Trinajstić information content (AvgIpc) is 2.75. The number of rotatable bonds is 6. The van der Waals surface area contributed by atoms with E-state index in [0.29, 0.717) is 11.3 Å². The van der Waals surface area contributed by atoms with Gasteiger partial charge in [-0.1, -0.05) is 17.9 Å². The van der Waals surface area contributed by atoms with Gasteiger partial charge in [-0.25, -0.2) is 4.79 Å². The number of fused-ring (bicyclic) bond motifs is 1. The highest BCUT2D eigenvalue weighted by atomic mass is 16.5. The third kappa shape index (κ3) is 4.85. The highest BCUT2D eigenvalue weighted by molar-refractivity contribution is 5.93. The molecule has 0 saturated carbocycles. The number of ether oxygens (including phenoxy) is 3. The van der Waals surface area contributed by atoms with Gasteiger partial charge in [0.15, 0.2) is 13.2 Å². The van der Waals surface area contributed by atoms with Crippen molar-refractivity contribution in [2.24, 2.45) is 5.73 Å². The number of esters is 2. The van der Waals surface area contributed by atoms with Crippen LogP contribution in [0.25, 0.3) is 11.1 Å². The molecular weight excluding hydrogens is 396 g/mol. The van der Waals surface area contributed by atoms with Crippen molar-refractivity contribution in [3.63, 3.8) is 0 Å². The van der Waals surface area contributed by atoms with Crippen LogP contribution in [0.5, 0.6) is 5.75 Å². The van der Waals surface area contributed by atoms with Crippen LogP contribution in [0.15, 0.2) is 48.0 Å². The summed E-state index contributed by atoms with van der Waals surface area (Å²) in [7, 11) is 0. The maximum atomic E-state index is 12.7. The predicted molar refractivity (Wildman–Crippen MR) is 113 cm³/mol. The Morgan fingerprint density at radius 3 is 2.55 bits per heavy atom. The van der Waals surface area contributed by atoms with E-state index in [-0.39, 0.29) is 31.1 Å². The quantitative estimate of drug-likeness (QED) is 0.570. The summed E-state index contributed by atoms with van der Waals surface area (Å²) in [6.45, 7) is 1.46. The summed E-state index contributed by atoms with van der Waals surface area (Å²) in [5.74, 6) is 2.62. The topological polar surface area (TPSA) is 101 Å². The maximum absolute atomic E-state index is 12.7. The van der Waals surface area contributed by atoms with Gasteiger partial charge in [-0.15, -0.1) is 12.8 Å². The van der Waals surface area contributed by atoms with Gasteiger partial charge in [0, 0.05) is 23.4 Å². The smallest absolute Gasteiger partial charge is 0.341 e. The Labute approximate surface area is 180 Å². The Bertz CT molecular complexity index is 1140. The van der Waals surface area contributed by atoms with Gasteiger partial charge in [-0.05, 0) is 42.3 Å². The zero-order valence-corrected chi connectivity index (χ0v) is 16.9. The molecule has 1 unspecified atom stereocenters. The second kappa shape index (κ2) is 9.51. The van der Waals surface area contributed by atoms with Crippen LogP contribution >= 0.6 is 0 Å². The van der Waals surface area contributed by atoms with Crippen molar-refractivity contribution in [2.45, 2.75) is 19.3 Å². The number of terminal acetylenes is 2. The molecule has 1 aliphatic rings. The largest absolute Gasteiger partial charge is 0.452 e. The fraction of sp³-hybridized carbons (Fsp3) is 0.208. The molecule has 0 saturated heterocycles. The number of hydrogen-bond donors (Lipinski definition) is 1. The van der Waals surface area contributed by atoms with Gasteiger partial charge in [0.2, 0.25) is 5.88 Å². The van der Waals surface area contributed by atoms with Crippen LogP contribution in [0.4, 0.5) is 0 Å². The fourth-order valence-corrected chi connectivity index (χ4v) is 3.31. The van der Waals surface area contributed by atoms with Gasteiger partial charge in [-0.2, -0.15) is 0 Å². The number of carbonyl (C=O) groups excluding carboxylic acids is 2. The number of pyridine rings is 1. The molecule has 1 aromatic carbocycles. The van der Waals surface area contributed by atoms with E-state index in [1.165, 1.54) is 0 Å². The summed E-state index contributed by atoms with van der Waals surface area (Å²) in [6, 6.07) is 9.21. The van der Waals surface area contributed by atoms with E-state index in [1.54, 1.807) is 12.3 Å². The predicted octanol–water partition coefficient (Wildman–Crippen LogP) is 2.45. The average molecular weight is 416 g/mol. The summed E-state index contributed by atoms with van der Waals surface area (Å²) in [4.78, 5) is 29.2. The highest BCUT2D eigenvalue weighted by Gasteiger charge is 2.36. The first kappa shape index (κ1) is 21.5. The van der Waals surface area contributed by atoms with Crippen molar-refractivity contribution in [2.75, 3.05) is 13.2 Å². The van der Waals surface area contributed by atoms with Crippen LogP contribution in [0.3, 0.4) is 0 Å². The van der Waals surface area contributed by atoms with Crippen molar-refractivity contribution in [3.8, 4) is 41.6 Å². The van der Waals surface area contributed by atoms with Crippen LogP contribution in [0.1, 0.15) is 23.6 Å². The molecule has 7 heteroatoms. The SMILES string of the molecule is C#CCOC(=O)CC1C(C(=O)OCC#C)=C(N)Oc2ccc(-c3ccnc(C)c3)cc21. The van der Waals surface area contributed by atoms with Crippen molar-refractivity contribution >= 4 is 11.9 Å². The van der Waals surface area contributed by atoms with Gasteiger partial charge in [0.1, 0.15) is 11.3 Å². The lowest BCUT2D eigenvalue weighted by atomic mass is 9.84. The molecule has 31 heavy (non-hydrogen) atoms. The maximum Gasteiger partial charge on any atom is 0.341 e. The Morgan fingerprint density at radius 2 is 1.84 bits per heavy atom. The van der Waals surface area contributed by atoms with Crippen LogP contribution in [0.2, 0.25) is 0 Å². The van der Waals surface area contributed by atoms with E-state index in [0.717, 1.165) is 16.8 Å². The minimum atomic E-state index is -0.763. The second-order valence-electron chi connectivity index (χ2n) is 6.72. The molecule has 156 valence electrons. The second-order valence-corrected chi connectivity index (χ2v) is 6.72. The fourth-order valence-electron chi connectivity index (χ4n) is 3.31. The lowest BCUT2D eigenvalue weighted by Crippen LogP contribution is -2.28. The summed E-state index contributed by atoms with van der Waals surface area (Å²) in [5, 5.41) is 0. The Balaban J connectivity index is 2.05. The molecule has 7 nitrogen and oxygen atoms in total. The lowest BCUT2D eigenvalue weighted by Gasteiger charge is -2.28. The summed E-state index contributed by atoms with van der Waals surface area (Å²) >= 11 is 0. The standard InChI is InChI=1S/C24H20N2O5/c1-4-10-29-21(27)14-19-18-13-16(17-8-9-26-15(3)12-17)6-7-20(18)31-23(25)22(19)24(28)30-11-5-2/h1-2,6-9,12-13,19H,10-11,14,25H2,3H3. The number of aryl methyl sites for hydroxylation is 1. The molecule has 0 fully saturated rings. The first-order valence-corrected chi connectivity index (χ1v) is 9.38. The van der Waals surface area contributed by atoms with Crippen LogP contribution in [-0.4, -0.2) is 30.1 Å². The van der Waals surface area contributed by atoms with Gasteiger partial charge < -0.3 is 19.9 Å². The minimum absolute atomic E-state index is 0.00321. The molecule has 0 amide bonds. The van der Waals surface area contributed by atoms with E-state index in [9.17, 15) is 9.59 Å². The van der Waals surface area contributed by atoms with E-state index in [1.807, 2.05) is 31.2 Å². The van der Waals surface area contributed by atoms with Gasteiger partial charge in [0.05, 0.1) is 6.42 Å². The third-order valence-corrected chi connectivity index (χ3v) is 4.64. The monoisotopic (exact) mass is 416 g/mol. The number of nitrogens with two attached hydrogens (primary N) is 1. The number of benzene rings is 1. The van der Waals surface area contributed by atoms with E-state index < -0.39 is 17.9 Å². The molecule has 2 aromatic rings. The van der Waals surface area contributed by atoms with Gasteiger partial charge in [0.25, 0.3) is 0 Å². The third-order valence-electron chi connectivity index (χ3n) is 4.64. The zero-order chi connectivity index (χ0) is 22.4. The van der Waals surface area contributed by atoms with Crippen molar-refractivity contribution in [3.05, 3.63) is 59.2 Å². The summed E-state index contributed by atoms with van der Waals surface area (Å²) in [5.41, 5.74) is 9.23. The molecule has 0 radical (unpaired) electrons. The van der Waals surface area contributed by atoms with Crippen LogP contribution in [-0.2, 0) is 19.1 Å². The zero-order valence-electron chi connectivity index (χ0n) is 16.9. The summed E-state index contributed by atoms with van der Waals surface area (Å²) < 4.78 is 15.7. The molecule has 2 N–H and O–H groups in total. The van der Waals surface area contributed by atoms with Crippen LogP contribution in [0, 0.1) is 31.6 Å².